The third-order valence-electron chi connectivity index (χ3n) is 6.42. The van der Waals surface area contributed by atoms with Gasteiger partial charge in [-0.05, 0) is 43.7 Å². The van der Waals surface area contributed by atoms with Gasteiger partial charge >= 0.3 is 6.18 Å². The number of benzene rings is 2. The van der Waals surface area contributed by atoms with Crippen LogP contribution in [0.2, 0.25) is 0 Å². The molecule has 0 unspecified atom stereocenters. The van der Waals surface area contributed by atoms with E-state index in [1.165, 1.54) is 26.4 Å². The molecule has 0 saturated heterocycles. The zero-order valence-corrected chi connectivity index (χ0v) is 22.1. The molecule has 1 N–H and O–H groups in total. The van der Waals surface area contributed by atoms with E-state index in [9.17, 15) is 18.0 Å². The second-order valence-corrected chi connectivity index (χ2v) is 9.04. The molecule has 12 heteroatoms. The Morgan fingerprint density at radius 1 is 0.950 bits per heavy atom. The Bertz CT molecular complexity index is 1710. The minimum atomic E-state index is -4.77. The summed E-state index contributed by atoms with van der Waals surface area (Å²) < 4.78 is 55.1. The highest BCUT2D eigenvalue weighted by Gasteiger charge is 2.36. The normalized spacial score (nSPS) is 11.6. The number of hydrogen-bond acceptors (Lipinski definition) is 6. The standard InChI is InChI=1S/C28H25F3N6O3/c1-16-26(17(2)36(34-16)15-18-8-6-5-7-9-18)33-27(38)21-14-25-32-20(13-24(28(29,30)31)37(25)35-21)19-10-11-22(39-3)23(12-19)40-4/h5-14H,15H2,1-4H3,(H,33,38). The number of methoxy groups -OCH3 is 2. The molecule has 0 aliphatic heterocycles. The number of carbonyl (C=O) groups is 1. The molecular weight excluding hydrogens is 525 g/mol. The molecule has 0 atom stereocenters. The first kappa shape index (κ1) is 26.7. The molecular formula is C28H25F3N6O3. The molecule has 5 rings (SSSR count). The van der Waals surface area contributed by atoms with Crippen molar-refractivity contribution >= 4 is 17.2 Å². The lowest BCUT2D eigenvalue weighted by Crippen LogP contribution is -2.16. The number of hydrogen-bond donors (Lipinski definition) is 1. The van der Waals surface area contributed by atoms with Crippen LogP contribution in [0, 0.1) is 13.8 Å². The number of fused-ring (bicyclic) bond motifs is 1. The van der Waals surface area contributed by atoms with Crippen LogP contribution in [-0.4, -0.2) is 44.5 Å². The van der Waals surface area contributed by atoms with Crippen LogP contribution in [-0.2, 0) is 12.7 Å². The molecule has 1 amide bonds. The molecule has 3 aromatic heterocycles. The molecule has 0 bridgehead atoms. The molecule has 0 saturated carbocycles. The molecule has 9 nitrogen and oxygen atoms in total. The summed E-state index contributed by atoms with van der Waals surface area (Å²) in [6.45, 7) is 4.04. The number of carbonyl (C=O) groups excluding carboxylic acids is 1. The van der Waals surface area contributed by atoms with Crippen molar-refractivity contribution in [2.75, 3.05) is 19.5 Å². The van der Waals surface area contributed by atoms with Gasteiger partial charge in [0.2, 0.25) is 0 Å². The molecule has 2 aromatic carbocycles. The van der Waals surface area contributed by atoms with Gasteiger partial charge in [-0.1, -0.05) is 30.3 Å². The van der Waals surface area contributed by atoms with Gasteiger partial charge in [0.15, 0.2) is 28.5 Å². The van der Waals surface area contributed by atoms with Crippen LogP contribution in [0.15, 0.2) is 60.7 Å². The maximum absolute atomic E-state index is 14.1. The number of aryl methyl sites for hydroxylation is 1. The van der Waals surface area contributed by atoms with Crippen molar-refractivity contribution < 1.29 is 27.4 Å². The van der Waals surface area contributed by atoms with Crippen molar-refractivity contribution in [2.24, 2.45) is 0 Å². The number of aromatic nitrogens is 5. The Kier molecular flexibility index (Phi) is 6.92. The van der Waals surface area contributed by atoms with Crippen LogP contribution < -0.4 is 14.8 Å². The predicted molar refractivity (Wildman–Crippen MR) is 142 cm³/mol. The van der Waals surface area contributed by atoms with Gasteiger partial charge in [-0.2, -0.15) is 23.4 Å². The summed E-state index contributed by atoms with van der Waals surface area (Å²) in [7, 11) is 2.88. The van der Waals surface area contributed by atoms with Crippen molar-refractivity contribution in [2.45, 2.75) is 26.6 Å². The summed E-state index contributed by atoms with van der Waals surface area (Å²) in [4.78, 5) is 17.5. The van der Waals surface area contributed by atoms with E-state index in [1.807, 2.05) is 30.3 Å². The highest BCUT2D eigenvalue weighted by Crippen LogP contribution is 2.35. The van der Waals surface area contributed by atoms with Crippen LogP contribution >= 0.6 is 0 Å². The maximum atomic E-state index is 14.1. The van der Waals surface area contributed by atoms with Crippen molar-refractivity contribution in [3.63, 3.8) is 0 Å². The molecule has 5 aromatic rings. The third kappa shape index (κ3) is 5.07. The molecule has 0 spiro atoms. The number of nitrogens with one attached hydrogen (secondary N) is 1. The number of halogens is 3. The molecule has 40 heavy (non-hydrogen) atoms. The van der Waals surface area contributed by atoms with Crippen LogP contribution in [0.4, 0.5) is 18.9 Å². The number of rotatable bonds is 7. The number of ether oxygens (including phenoxy) is 2. The molecule has 3 heterocycles. The Morgan fingerprint density at radius 3 is 2.35 bits per heavy atom. The third-order valence-corrected chi connectivity index (χ3v) is 6.42. The Labute approximate surface area is 227 Å². The first-order chi connectivity index (χ1) is 19.1. The lowest BCUT2D eigenvalue weighted by atomic mass is 10.1. The van der Waals surface area contributed by atoms with Crippen LogP contribution in [0.1, 0.15) is 33.1 Å². The SMILES string of the molecule is COc1ccc(-c2cc(C(F)(F)F)n3nc(C(=O)Nc4c(C)nn(Cc5ccccc5)c4C)cc3n2)cc1OC. The average Bonchev–Trinajstić information content (AvgIpc) is 3.48. The van der Waals surface area contributed by atoms with Gasteiger partial charge in [-0.3, -0.25) is 9.48 Å². The molecule has 0 fully saturated rings. The van der Waals surface area contributed by atoms with Crippen LogP contribution in [0.3, 0.4) is 0 Å². The van der Waals surface area contributed by atoms with Gasteiger partial charge in [-0.25, -0.2) is 9.50 Å². The van der Waals surface area contributed by atoms with Crippen molar-refractivity contribution in [3.05, 3.63) is 89.0 Å². The van der Waals surface area contributed by atoms with E-state index in [0.29, 0.717) is 45.2 Å². The summed E-state index contributed by atoms with van der Waals surface area (Å²) in [5.74, 6) is 0.0727. The summed E-state index contributed by atoms with van der Waals surface area (Å²) in [6.07, 6.45) is -4.77. The second-order valence-electron chi connectivity index (χ2n) is 9.04. The van der Waals surface area contributed by atoms with E-state index >= 15 is 0 Å². The number of nitrogens with zero attached hydrogens (tertiary/aromatic N) is 5. The highest BCUT2D eigenvalue weighted by molar-refractivity contribution is 6.04. The average molecular weight is 551 g/mol. The van der Waals surface area contributed by atoms with E-state index in [-0.39, 0.29) is 17.0 Å². The second kappa shape index (κ2) is 10.4. The molecule has 0 aliphatic carbocycles. The maximum Gasteiger partial charge on any atom is 0.433 e. The summed E-state index contributed by atoms with van der Waals surface area (Å²) >= 11 is 0. The monoisotopic (exact) mass is 550 g/mol. The van der Waals surface area contributed by atoms with Gasteiger partial charge in [0, 0.05) is 11.6 Å². The summed E-state index contributed by atoms with van der Waals surface area (Å²) in [5, 5.41) is 11.2. The zero-order valence-electron chi connectivity index (χ0n) is 22.1. The fourth-order valence-electron chi connectivity index (χ4n) is 4.40. The van der Waals surface area contributed by atoms with E-state index in [0.717, 1.165) is 11.6 Å². The highest BCUT2D eigenvalue weighted by atomic mass is 19.4. The van der Waals surface area contributed by atoms with Gasteiger partial charge < -0.3 is 14.8 Å². The van der Waals surface area contributed by atoms with Gasteiger partial charge in [0.25, 0.3) is 5.91 Å². The number of alkyl halides is 3. The fourth-order valence-corrected chi connectivity index (χ4v) is 4.40. The largest absolute Gasteiger partial charge is 0.493 e. The smallest absolute Gasteiger partial charge is 0.433 e. The van der Waals surface area contributed by atoms with Crippen LogP contribution in [0.5, 0.6) is 11.5 Å². The topological polar surface area (TPSA) is 95.6 Å². The number of anilines is 1. The lowest BCUT2D eigenvalue weighted by Gasteiger charge is -2.12. The van der Waals surface area contributed by atoms with E-state index in [4.69, 9.17) is 9.47 Å². The van der Waals surface area contributed by atoms with Crippen LogP contribution in [0.25, 0.3) is 16.9 Å². The molecule has 0 aliphatic rings. The van der Waals surface area contributed by atoms with E-state index < -0.39 is 17.8 Å². The Hall–Kier alpha value is -4.87. The zero-order chi connectivity index (χ0) is 28.6. The summed E-state index contributed by atoms with van der Waals surface area (Å²) in [5.41, 5.74) is 1.71. The number of amides is 1. The fraction of sp³-hybridized carbons (Fsp3) is 0.214. The molecule has 206 valence electrons. The first-order valence-corrected chi connectivity index (χ1v) is 12.2. The van der Waals surface area contributed by atoms with E-state index in [2.05, 4.69) is 20.5 Å². The first-order valence-electron chi connectivity index (χ1n) is 12.2. The Morgan fingerprint density at radius 2 is 1.68 bits per heavy atom. The lowest BCUT2D eigenvalue weighted by molar-refractivity contribution is -0.142. The molecule has 0 radical (unpaired) electrons. The minimum absolute atomic E-state index is 0.0292. The van der Waals surface area contributed by atoms with Gasteiger partial charge in [-0.15, -0.1) is 0 Å². The van der Waals surface area contributed by atoms with Crippen molar-refractivity contribution in [1.82, 2.24) is 24.4 Å². The van der Waals surface area contributed by atoms with E-state index in [1.54, 1.807) is 30.7 Å². The quantitative estimate of drug-likeness (QED) is 0.286. The minimum Gasteiger partial charge on any atom is -0.493 e. The predicted octanol–water partition coefficient (Wildman–Crippen LogP) is 5.55. The van der Waals surface area contributed by atoms with Gasteiger partial charge in [0.05, 0.1) is 43.5 Å². The van der Waals surface area contributed by atoms with Gasteiger partial charge in [0.1, 0.15) is 0 Å². The Balaban J connectivity index is 1.50. The summed E-state index contributed by atoms with van der Waals surface area (Å²) in [6, 6.07) is 16.5. The van der Waals surface area contributed by atoms with Crippen molar-refractivity contribution in [3.8, 4) is 22.8 Å². The van der Waals surface area contributed by atoms with Crippen molar-refractivity contribution in [1.29, 1.82) is 0 Å².